The molecule has 1 fully saturated rings. The summed E-state index contributed by atoms with van der Waals surface area (Å²) < 4.78 is 0. The number of piperazine rings is 1. The molecule has 0 bridgehead atoms. The van der Waals surface area contributed by atoms with Gasteiger partial charge in [-0.2, -0.15) is 4.98 Å². The summed E-state index contributed by atoms with van der Waals surface area (Å²) in [5.74, 6) is 1.47. The third-order valence-electron chi connectivity index (χ3n) is 8.13. The number of nitrogens with zero attached hydrogens (tertiary/aromatic N) is 8. The third kappa shape index (κ3) is 5.38. The van der Waals surface area contributed by atoms with E-state index < -0.39 is 0 Å². The van der Waals surface area contributed by atoms with E-state index in [1.807, 2.05) is 41.4 Å². The number of fused-ring (bicyclic) bond motifs is 2. The van der Waals surface area contributed by atoms with Crippen molar-refractivity contribution in [1.29, 1.82) is 0 Å². The Morgan fingerprint density at radius 2 is 1.85 bits per heavy atom. The molecule has 1 aromatic carbocycles. The van der Waals surface area contributed by atoms with Crippen LogP contribution in [0.5, 0.6) is 0 Å². The molecule has 1 N–H and O–H groups in total. The van der Waals surface area contributed by atoms with Gasteiger partial charge < -0.3 is 20.0 Å². The van der Waals surface area contributed by atoms with Crippen molar-refractivity contribution in [3.8, 4) is 0 Å². The normalized spacial score (nSPS) is 19.5. The highest BCUT2D eigenvalue weighted by molar-refractivity contribution is 6.02. The maximum Gasteiger partial charge on any atom is 0.326 e. The summed E-state index contributed by atoms with van der Waals surface area (Å²) in [5, 5.41) is 3.18. The number of rotatable bonds is 6. The Morgan fingerprint density at radius 1 is 1.05 bits per heavy atom. The van der Waals surface area contributed by atoms with E-state index in [0.29, 0.717) is 37.1 Å². The van der Waals surface area contributed by atoms with Crippen molar-refractivity contribution in [2.75, 3.05) is 61.9 Å². The summed E-state index contributed by atoms with van der Waals surface area (Å²) in [6, 6.07) is 11.4. The van der Waals surface area contributed by atoms with Crippen molar-refractivity contribution in [3.05, 3.63) is 78.1 Å². The van der Waals surface area contributed by atoms with Gasteiger partial charge in [0.1, 0.15) is 11.6 Å². The van der Waals surface area contributed by atoms with E-state index in [9.17, 15) is 9.59 Å². The summed E-state index contributed by atoms with van der Waals surface area (Å²) in [7, 11) is 3.89. The van der Waals surface area contributed by atoms with E-state index in [1.165, 1.54) is 6.08 Å². The number of carbonyl (C=O) groups is 2. The van der Waals surface area contributed by atoms with Gasteiger partial charge in [-0.15, -0.1) is 0 Å². The highest BCUT2D eigenvalue weighted by Gasteiger charge is 2.38. The van der Waals surface area contributed by atoms with Crippen molar-refractivity contribution in [1.82, 2.24) is 29.7 Å². The monoisotopic (exact) mass is 553 g/mol. The average Bonchev–Trinajstić information content (AvgIpc) is 3.00. The van der Waals surface area contributed by atoms with Gasteiger partial charge in [-0.05, 0) is 42.8 Å². The van der Waals surface area contributed by atoms with Crippen molar-refractivity contribution in [2.24, 2.45) is 0 Å². The maximum atomic E-state index is 13.6. The van der Waals surface area contributed by atoms with E-state index in [1.54, 1.807) is 23.0 Å². The van der Waals surface area contributed by atoms with Gasteiger partial charge in [0, 0.05) is 70.0 Å². The van der Waals surface area contributed by atoms with Crippen LogP contribution in [0.15, 0.2) is 61.4 Å². The second kappa shape index (κ2) is 11.3. The molecule has 2 aromatic heterocycles. The molecule has 0 radical (unpaired) electrons. The average molecular weight is 554 g/mol. The predicted molar refractivity (Wildman–Crippen MR) is 158 cm³/mol. The number of anilines is 4. The molecule has 1 saturated heterocycles. The standard InChI is InChI=1S/C30H35N9O2/c1-4-27(40)38-12-11-25(23-7-5-6-8-24(23)38)39-20-22-18-32-29(34-28(22)36(3)30(39)41)33-26-10-9-21(17-31-26)19-37-15-13-35(2)14-16-37/h4-10,17-18,25H,1,11-16,19-20H2,2-3H3,(H,31,32,33,34). The van der Waals surface area contributed by atoms with Crippen LogP contribution in [0, 0.1) is 0 Å². The summed E-state index contributed by atoms with van der Waals surface area (Å²) in [6.07, 6.45) is 5.61. The van der Waals surface area contributed by atoms with Crippen LogP contribution in [-0.2, 0) is 17.9 Å². The van der Waals surface area contributed by atoms with Crippen molar-refractivity contribution < 1.29 is 9.59 Å². The van der Waals surface area contributed by atoms with E-state index in [0.717, 1.165) is 55.1 Å². The lowest BCUT2D eigenvalue weighted by Crippen LogP contribution is -2.49. The van der Waals surface area contributed by atoms with E-state index in [4.69, 9.17) is 0 Å². The van der Waals surface area contributed by atoms with Crippen molar-refractivity contribution >= 4 is 35.2 Å². The first-order chi connectivity index (χ1) is 19.9. The van der Waals surface area contributed by atoms with Crippen LogP contribution in [0.3, 0.4) is 0 Å². The van der Waals surface area contributed by atoms with E-state index in [-0.39, 0.29) is 18.0 Å². The number of likely N-dealkylation sites (N-methyl/N-ethyl adjacent to an activating group) is 1. The smallest absolute Gasteiger partial charge is 0.313 e. The van der Waals surface area contributed by atoms with Crippen LogP contribution < -0.4 is 15.1 Å². The minimum Gasteiger partial charge on any atom is -0.313 e. The zero-order chi connectivity index (χ0) is 28.5. The Hall–Kier alpha value is -4.35. The van der Waals surface area contributed by atoms with E-state index >= 15 is 0 Å². The molecule has 0 saturated carbocycles. The fourth-order valence-electron chi connectivity index (χ4n) is 5.81. The highest BCUT2D eigenvalue weighted by Crippen LogP contribution is 2.41. The lowest BCUT2D eigenvalue weighted by molar-refractivity contribution is -0.114. The first-order valence-corrected chi connectivity index (χ1v) is 14.0. The summed E-state index contributed by atoms with van der Waals surface area (Å²) in [5.41, 5.74) is 3.78. The second-order valence-corrected chi connectivity index (χ2v) is 10.8. The topological polar surface area (TPSA) is 101 Å². The van der Waals surface area contributed by atoms with Crippen LogP contribution in [-0.4, -0.2) is 88.4 Å². The maximum absolute atomic E-state index is 13.6. The zero-order valence-electron chi connectivity index (χ0n) is 23.5. The van der Waals surface area contributed by atoms with Gasteiger partial charge in [0.15, 0.2) is 0 Å². The molecule has 41 heavy (non-hydrogen) atoms. The Bertz CT molecular complexity index is 1450. The Morgan fingerprint density at radius 3 is 2.61 bits per heavy atom. The van der Waals surface area contributed by atoms with Gasteiger partial charge in [0.2, 0.25) is 11.9 Å². The van der Waals surface area contributed by atoms with E-state index in [2.05, 4.69) is 49.8 Å². The number of benzene rings is 1. The molecule has 3 amide bonds. The quantitative estimate of drug-likeness (QED) is 0.464. The van der Waals surface area contributed by atoms with Crippen LogP contribution >= 0.6 is 0 Å². The number of amides is 3. The molecular weight excluding hydrogens is 518 g/mol. The van der Waals surface area contributed by atoms with Crippen molar-refractivity contribution in [2.45, 2.75) is 25.6 Å². The third-order valence-corrected chi connectivity index (χ3v) is 8.13. The largest absolute Gasteiger partial charge is 0.326 e. The predicted octanol–water partition coefficient (Wildman–Crippen LogP) is 3.40. The number of aromatic nitrogens is 3. The molecule has 6 rings (SSSR count). The molecule has 3 aliphatic heterocycles. The molecule has 11 nitrogen and oxygen atoms in total. The first kappa shape index (κ1) is 26.9. The second-order valence-electron chi connectivity index (χ2n) is 10.8. The summed E-state index contributed by atoms with van der Waals surface area (Å²) in [6.45, 7) is 9.70. The number of para-hydroxylation sites is 1. The lowest BCUT2D eigenvalue weighted by atomic mass is 9.94. The number of nitrogens with one attached hydrogen (secondary N) is 1. The minimum atomic E-state index is -0.172. The molecule has 3 aliphatic rings. The molecule has 3 aromatic rings. The lowest BCUT2D eigenvalue weighted by Gasteiger charge is -2.43. The number of carbonyl (C=O) groups excluding carboxylic acids is 2. The highest BCUT2D eigenvalue weighted by atomic mass is 16.2. The molecule has 1 atom stereocenters. The van der Waals surface area contributed by atoms with Crippen LogP contribution in [0.1, 0.15) is 29.2 Å². The molecule has 1 unspecified atom stereocenters. The fourth-order valence-corrected chi connectivity index (χ4v) is 5.81. The van der Waals surface area contributed by atoms with Gasteiger partial charge in [0.05, 0.1) is 12.6 Å². The Labute approximate surface area is 240 Å². The number of hydrogen-bond donors (Lipinski definition) is 1. The summed E-state index contributed by atoms with van der Waals surface area (Å²) >= 11 is 0. The summed E-state index contributed by atoms with van der Waals surface area (Å²) in [4.78, 5) is 49.8. The van der Waals surface area contributed by atoms with Gasteiger partial charge in [-0.3, -0.25) is 14.6 Å². The first-order valence-electron chi connectivity index (χ1n) is 14.0. The van der Waals surface area contributed by atoms with Gasteiger partial charge in [0.25, 0.3) is 0 Å². The van der Waals surface area contributed by atoms with Gasteiger partial charge >= 0.3 is 6.03 Å². The van der Waals surface area contributed by atoms with Crippen LogP contribution in [0.2, 0.25) is 0 Å². The zero-order valence-corrected chi connectivity index (χ0v) is 23.5. The van der Waals surface area contributed by atoms with Gasteiger partial charge in [-0.25, -0.2) is 14.8 Å². The minimum absolute atomic E-state index is 0.142. The van der Waals surface area contributed by atoms with Crippen LogP contribution in [0.4, 0.5) is 28.1 Å². The molecule has 212 valence electrons. The van der Waals surface area contributed by atoms with Gasteiger partial charge in [-0.1, -0.05) is 30.8 Å². The SMILES string of the molecule is C=CC(=O)N1CCC(N2Cc3cnc(Nc4ccc(CN5CCN(C)CC5)cn4)nc3N(C)C2=O)c2ccccc21. The Kier molecular flexibility index (Phi) is 7.38. The number of urea groups is 1. The number of pyridine rings is 1. The Balaban J connectivity index is 1.16. The molecule has 0 aliphatic carbocycles. The van der Waals surface area contributed by atoms with Crippen molar-refractivity contribution in [3.63, 3.8) is 0 Å². The molecule has 5 heterocycles. The van der Waals surface area contributed by atoms with Crippen LogP contribution in [0.25, 0.3) is 0 Å². The molecule has 0 spiro atoms. The number of hydrogen-bond acceptors (Lipinski definition) is 8. The fraction of sp³-hybridized carbons (Fsp3) is 0.367. The molecular formula is C30H35N9O2. The molecule has 11 heteroatoms.